The number of rotatable bonds is 5. The zero-order valence-electron chi connectivity index (χ0n) is 17.5. The van der Waals surface area contributed by atoms with E-state index in [-0.39, 0.29) is 11.4 Å². The molecule has 1 amide bonds. The first-order valence-corrected chi connectivity index (χ1v) is 10.9. The summed E-state index contributed by atoms with van der Waals surface area (Å²) in [6.07, 6.45) is 1.91. The fourth-order valence-corrected chi connectivity index (χ4v) is 4.97. The Kier molecular flexibility index (Phi) is 4.83. The summed E-state index contributed by atoms with van der Waals surface area (Å²) in [5, 5.41) is 13.6. The van der Waals surface area contributed by atoms with Gasteiger partial charge in [-0.05, 0) is 29.6 Å². The monoisotopic (exact) mass is 444 g/mol. The first kappa shape index (κ1) is 20.1. The number of carbonyl (C=O) groups excluding carboxylic acids is 2. The van der Waals surface area contributed by atoms with Crippen LogP contribution in [0, 0.1) is 0 Å². The van der Waals surface area contributed by atoms with Crippen LogP contribution in [-0.2, 0) is 11.8 Å². The first-order chi connectivity index (χ1) is 15.5. The summed E-state index contributed by atoms with van der Waals surface area (Å²) in [6.45, 7) is 0. The van der Waals surface area contributed by atoms with Crippen molar-refractivity contribution in [3.63, 3.8) is 0 Å². The molecule has 1 aliphatic heterocycles. The summed E-state index contributed by atoms with van der Waals surface area (Å²) < 4.78 is 7.30. The molecule has 2 aromatic carbocycles. The fourth-order valence-electron chi connectivity index (χ4n) is 4.29. The molecule has 1 unspecified atom stereocenters. The number of ether oxygens (including phenoxy) is 1. The number of fused-ring (bicyclic) bond motifs is 1. The highest BCUT2D eigenvalue weighted by molar-refractivity contribution is 7.12. The Morgan fingerprint density at radius 3 is 2.66 bits per heavy atom. The lowest BCUT2D eigenvalue weighted by Crippen LogP contribution is -2.31. The Hall–Kier alpha value is -3.84. The highest BCUT2D eigenvalue weighted by Crippen LogP contribution is 2.45. The van der Waals surface area contributed by atoms with Gasteiger partial charge < -0.3 is 14.4 Å². The van der Waals surface area contributed by atoms with Crippen LogP contribution in [0.15, 0.2) is 83.6 Å². The molecule has 5 rings (SSSR count). The van der Waals surface area contributed by atoms with Crippen LogP contribution in [0.4, 0.5) is 5.69 Å². The second kappa shape index (κ2) is 7.69. The van der Waals surface area contributed by atoms with E-state index in [1.165, 1.54) is 16.2 Å². The van der Waals surface area contributed by atoms with E-state index in [4.69, 9.17) is 4.74 Å². The van der Waals surface area contributed by atoms with Crippen molar-refractivity contribution >= 4 is 39.6 Å². The third kappa shape index (κ3) is 3.01. The minimum atomic E-state index is -0.782. The molecule has 4 aromatic rings. The fraction of sp³-hybridized carbons (Fsp3) is 0.120. The van der Waals surface area contributed by atoms with Crippen molar-refractivity contribution in [2.24, 2.45) is 7.05 Å². The largest absolute Gasteiger partial charge is 0.503 e. The number of Topliss-reactive ketones (excluding diaryl/α,β-unsaturated/α-hetero) is 1. The van der Waals surface area contributed by atoms with Crippen molar-refractivity contribution in [1.29, 1.82) is 0 Å². The molecule has 0 spiro atoms. The van der Waals surface area contributed by atoms with E-state index < -0.39 is 17.7 Å². The summed E-state index contributed by atoms with van der Waals surface area (Å²) in [7, 11) is 3.47. The highest BCUT2D eigenvalue weighted by Gasteiger charge is 2.45. The zero-order chi connectivity index (χ0) is 22.4. The quantitative estimate of drug-likeness (QED) is 0.438. The number of aryl methyl sites for hydroxylation is 1. The lowest BCUT2D eigenvalue weighted by Gasteiger charge is -2.26. The van der Waals surface area contributed by atoms with E-state index >= 15 is 0 Å². The number of aromatic nitrogens is 1. The van der Waals surface area contributed by atoms with Gasteiger partial charge in [-0.15, -0.1) is 11.3 Å². The van der Waals surface area contributed by atoms with Gasteiger partial charge in [0.25, 0.3) is 5.91 Å². The maximum Gasteiger partial charge on any atom is 0.294 e. The van der Waals surface area contributed by atoms with Crippen molar-refractivity contribution in [3.8, 4) is 5.75 Å². The van der Waals surface area contributed by atoms with Crippen molar-refractivity contribution in [2.45, 2.75) is 6.04 Å². The molecule has 32 heavy (non-hydrogen) atoms. The van der Waals surface area contributed by atoms with E-state index in [2.05, 4.69) is 0 Å². The molecular weight excluding hydrogens is 424 g/mol. The smallest absolute Gasteiger partial charge is 0.294 e. The number of para-hydroxylation sites is 1. The molecule has 2 aromatic heterocycles. The molecule has 0 bridgehead atoms. The molecule has 7 heteroatoms. The van der Waals surface area contributed by atoms with Gasteiger partial charge in [0.05, 0.1) is 23.6 Å². The summed E-state index contributed by atoms with van der Waals surface area (Å²) in [5.41, 5.74) is 2.35. The van der Waals surface area contributed by atoms with Crippen molar-refractivity contribution in [3.05, 3.63) is 94.0 Å². The molecule has 0 saturated carbocycles. The molecule has 0 radical (unpaired) electrons. The van der Waals surface area contributed by atoms with Crippen LogP contribution in [-0.4, -0.2) is 28.5 Å². The minimum Gasteiger partial charge on any atom is -0.503 e. The number of thiophene rings is 1. The molecule has 0 fully saturated rings. The molecular formula is C25H20N2O4S. The lowest BCUT2D eigenvalue weighted by molar-refractivity contribution is -0.117. The maximum absolute atomic E-state index is 13.5. The number of carbonyl (C=O) groups is 2. The van der Waals surface area contributed by atoms with Crippen LogP contribution in [0.3, 0.4) is 0 Å². The Bertz CT molecular complexity index is 1380. The van der Waals surface area contributed by atoms with E-state index in [0.717, 1.165) is 16.5 Å². The van der Waals surface area contributed by atoms with E-state index in [1.807, 2.05) is 42.1 Å². The third-order valence-electron chi connectivity index (χ3n) is 5.75. The van der Waals surface area contributed by atoms with Gasteiger partial charge in [-0.1, -0.05) is 30.3 Å². The SMILES string of the molecule is COc1cccc(N2C(=O)C(O)=C(C(=O)c3cccs3)C2c2cn(C)c3ccccc23)c1. The first-order valence-electron chi connectivity index (χ1n) is 10.0. The number of aliphatic hydroxyl groups is 1. The van der Waals surface area contributed by atoms with Gasteiger partial charge in [0.15, 0.2) is 5.76 Å². The van der Waals surface area contributed by atoms with Gasteiger partial charge in [0.2, 0.25) is 5.78 Å². The van der Waals surface area contributed by atoms with E-state index in [9.17, 15) is 14.7 Å². The molecule has 160 valence electrons. The van der Waals surface area contributed by atoms with Crippen LogP contribution < -0.4 is 9.64 Å². The number of nitrogens with zero attached hydrogens (tertiary/aromatic N) is 2. The van der Waals surface area contributed by atoms with Crippen LogP contribution >= 0.6 is 11.3 Å². The van der Waals surface area contributed by atoms with E-state index in [0.29, 0.717) is 16.3 Å². The summed E-state index contributed by atoms with van der Waals surface area (Å²) in [6, 6.07) is 17.5. The predicted octanol–water partition coefficient (Wildman–Crippen LogP) is 5.03. The average Bonchev–Trinajstić information content (AvgIpc) is 3.52. The molecule has 1 N–H and O–H groups in total. The Labute approximate surface area is 188 Å². The molecule has 1 atom stereocenters. The summed E-state index contributed by atoms with van der Waals surface area (Å²) in [4.78, 5) is 28.8. The molecule has 3 heterocycles. The summed E-state index contributed by atoms with van der Waals surface area (Å²) >= 11 is 1.28. The van der Waals surface area contributed by atoms with Crippen LogP contribution in [0.2, 0.25) is 0 Å². The van der Waals surface area contributed by atoms with Gasteiger partial charge in [0, 0.05) is 41.5 Å². The number of hydrogen-bond donors (Lipinski definition) is 1. The van der Waals surface area contributed by atoms with E-state index in [1.54, 1.807) is 48.9 Å². The molecule has 6 nitrogen and oxygen atoms in total. The number of amides is 1. The lowest BCUT2D eigenvalue weighted by atomic mass is 9.94. The molecule has 0 aliphatic carbocycles. The van der Waals surface area contributed by atoms with Crippen molar-refractivity contribution < 1.29 is 19.4 Å². The second-order valence-corrected chi connectivity index (χ2v) is 8.51. The van der Waals surface area contributed by atoms with Crippen LogP contribution in [0.25, 0.3) is 10.9 Å². The van der Waals surface area contributed by atoms with Crippen LogP contribution in [0.1, 0.15) is 21.3 Å². The van der Waals surface area contributed by atoms with Crippen molar-refractivity contribution in [2.75, 3.05) is 12.0 Å². The molecule has 0 saturated heterocycles. The van der Waals surface area contributed by atoms with Gasteiger partial charge in [-0.3, -0.25) is 14.5 Å². The second-order valence-electron chi connectivity index (χ2n) is 7.56. The third-order valence-corrected chi connectivity index (χ3v) is 6.62. The average molecular weight is 445 g/mol. The maximum atomic E-state index is 13.5. The Morgan fingerprint density at radius 1 is 1.09 bits per heavy atom. The number of hydrogen-bond acceptors (Lipinski definition) is 5. The van der Waals surface area contributed by atoms with Crippen LogP contribution in [0.5, 0.6) is 5.75 Å². The predicted molar refractivity (Wildman–Crippen MR) is 124 cm³/mol. The number of ketones is 1. The normalized spacial score (nSPS) is 16.2. The van der Waals surface area contributed by atoms with Crippen molar-refractivity contribution in [1.82, 2.24) is 4.57 Å². The number of aliphatic hydroxyl groups excluding tert-OH is 1. The van der Waals surface area contributed by atoms with Gasteiger partial charge in [-0.2, -0.15) is 0 Å². The standard InChI is InChI=1S/C25H20N2O4S/c1-26-14-18(17-9-3-4-10-19(17)26)22-21(23(28)20-11-6-12-32-20)24(29)25(30)27(22)15-7-5-8-16(13-15)31-2/h3-14,22,29H,1-2H3. The van der Waals surface area contributed by atoms with Gasteiger partial charge >= 0.3 is 0 Å². The summed E-state index contributed by atoms with van der Waals surface area (Å²) in [5.74, 6) is -0.918. The number of methoxy groups -OCH3 is 1. The number of anilines is 1. The Balaban J connectivity index is 1.76. The zero-order valence-corrected chi connectivity index (χ0v) is 18.3. The highest BCUT2D eigenvalue weighted by atomic mass is 32.1. The van der Waals surface area contributed by atoms with Gasteiger partial charge in [0.1, 0.15) is 5.75 Å². The van der Waals surface area contributed by atoms with Gasteiger partial charge in [-0.25, -0.2) is 0 Å². The molecule has 1 aliphatic rings. The number of benzene rings is 2. The Morgan fingerprint density at radius 2 is 1.91 bits per heavy atom. The minimum absolute atomic E-state index is 0.0802. The topological polar surface area (TPSA) is 71.8 Å².